The molecule has 0 aliphatic carbocycles. The average Bonchev–Trinajstić information content (AvgIpc) is 2.85. The van der Waals surface area contributed by atoms with Crippen molar-refractivity contribution in [1.82, 2.24) is 30.6 Å². The molecule has 0 fully saturated rings. The maximum absolute atomic E-state index is 13.4. The molecule has 96 valence electrons. The molecule has 2 N–H and O–H groups in total. The molecule has 2 aromatic heterocycles. The van der Waals surface area contributed by atoms with Gasteiger partial charge in [-0.3, -0.25) is 0 Å². The van der Waals surface area contributed by atoms with Crippen molar-refractivity contribution in [3.05, 3.63) is 17.8 Å². The van der Waals surface area contributed by atoms with Crippen molar-refractivity contribution in [3.8, 4) is 0 Å². The molecule has 0 bridgehead atoms. The minimum atomic E-state index is -0.474. The van der Waals surface area contributed by atoms with E-state index in [4.69, 9.17) is 0 Å². The number of anilines is 2. The van der Waals surface area contributed by atoms with Gasteiger partial charge in [0.2, 0.25) is 5.95 Å². The maximum Gasteiger partial charge on any atom is 0.225 e. The van der Waals surface area contributed by atoms with E-state index in [1.54, 1.807) is 19.0 Å². The Morgan fingerprint density at radius 3 is 2.83 bits per heavy atom. The zero-order chi connectivity index (χ0) is 13.1. The van der Waals surface area contributed by atoms with Crippen LogP contribution in [0.15, 0.2) is 6.20 Å². The van der Waals surface area contributed by atoms with Gasteiger partial charge in [-0.25, -0.2) is 9.37 Å². The third-order valence-corrected chi connectivity index (χ3v) is 2.24. The van der Waals surface area contributed by atoms with Gasteiger partial charge in [0.15, 0.2) is 17.5 Å². The zero-order valence-electron chi connectivity index (χ0n) is 10.2. The van der Waals surface area contributed by atoms with Gasteiger partial charge in [0.1, 0.15) is 0 Å². The predicted molar refractivity (Wildman–Crippen MR) is 62.5 cm³/mol. The molecule has 0 unspecified atom stereocenters. The predicted octanol–water partition coefficient (Wildman–Crippen LogP) is 0.368. The van der Waals surface area contributed by atoms with Crippen LogP contribution in [0, 0.1) is 5.82 Å². The lowest BCUT2D eigenvalue weighted by molar-refractivity contribution is 0.611. The second kappa shape index (κ2) is 4.90. The lowest BCUT2D eigenvalue weighted by atomic mass is 10.3. The third kappa shape index (κ3) is 2.50. The van der Waals surface area contributed by atoms with Crippen molar-refractivity contribution in [2.75, 3.05) is 24.3 Å². The quantitative estimate of drug-likeness (QED) is 0.811. The molecule has 0 spiro atoms. The van der Waals surface area contributed by atoms with E-state index in [-0.39, 0.29) is 11.9 Å². The van der Waals surface area contributed by atoms with Gasteiger partial charge in [-0.15, -0.1) is 10.2 Å². The van der Waals surface area contributed by atoms with Crippen molar-refractivity contribution >= 4 is 11.8 Å². The Labute approximate surface area is 103 Å². The number of hydrogen-bond acceptors (Lipinski definition) is 7. The van der Waals surface area contributed by atoms with Gasteiger partial charge < -0.3 is 10.2 Å². The summed E-state index contributed by atoms with van der Waals surface area (Å²) in [5.41, 5.74) is 0. The van der Waals surface area contributed by atoms with Crippen LogP contribution in [0.5, 0.6) is 0 Å². The average molecular weight is 252 g/mol. The summed E-state index contributed by atoms with van der Waals surface area (Å²) < 4.78 is 13.4. The fraction of sp³-hybridized carbons (Fsp3) is 0.444. The Hall–Kier alpha value is -2.32. The number of nitrogens with one attached hydrogen (secondary N) is 2. The summed E-state index contributed by atoms with van der Waals surface area (Å²) in [5, 5.41) is 16.5. The van der Waals surface area contributed by atoms with Crippen LogP contribution in [-0.2, 0) is 0 Å². The zero-order valence-corrected chi connectivity index (χ0v) is 10.2. The molecular formula is C9H13FN8. The summed E-state index contributed by atoms with van der Waals surface area (Å²) in [4.78, 5) is 9.50. The Kier molecular flexibility index (Phi) is 3.31. The minimum absolute atomic E-state index is 0.216. The number of H-pyrrole nitrogens is 1. The van der Waals surface area contributed by atoms with Gasteiger partial charge in [0, 0.05) is 14.1 Å². The van der Waals surface area contributed by atoms with E-state index in [2.05, 4.69) is 35.9 Å². The Morgan fingerprint density at radius 2 is 2.22 bits per heavy atom. The van der Waals surface area contributed by atoms with E-state index >= 15 is 0 Å². The molecule has 0 amide bonds. The molecule has 0 radical (unpaired) electrons. The number of rotatable bonds is 4. The van der Waals surface area contributed by atoms with E-state index in [1.807, 2.05) is 6.92 Å². The lowest BCUT2D eigenvalue weighted by Gasteiger charge is -2.14. The molecule has 0 saturated heterocycles. The molecule has 8 nitrogen and oxygen atoms in total. The first kappa shape index (κ1) is 12.1. The normalized spacial score (nSPS) is 12.2. The topological polar surface area (TPSA) is 95.5 Å². The maximum atomic E-state index is 13.4. The minimum Gasteiger partial charge on any atom is -0.360 e. The molecule has 0 aliphatic rings. The fourth-order valence-corrected chi connectivity index (χ4v) is 1.35. The smallest absolute Gasteiger partial charge is 0.225 e. The van der Waals surface area contributed by atoms with E-state index < -0.39 is 5.82 Å². The van der Waals surface area contributed by atoms with Crippen LogP contribution >= 0.6 is 0 Å². The highest BCUT2D eigenvalue weighted by Crippen LogP contribution is 2.17. The highest BCUT2D eigenvalue weighted by molar-refractivity contribution is 5.42. The first-order valence-corrected chi connectivity index (χ1v) is 5.27. The number of nitrogens with zero attached hydrogens (tertiary/aromatic N) is 6. The summed E-state index contributed by atoms with van der Waals surface area (Å²) in [5.74, 6) is 0.525. The number of tetrazole rings is 1. The van der Waals surface area contributed by atoms with Crippen molar-refractivity contribution in [1.29, 1.82) is 0 Å². The highest BCUT2D eigenvalue weighted by atomic mass is 19.1. The Balaban J connectivity index is 2.17. The molecular weight excluding hydrogens is 239 g/mol. The monoisotopic (exact) mass is 252 g/mol. The molecule has 0 saturated carbocycles. The number of aromatic amines is 1. The molecule has 2 aromatic rings. The Morgan fingerprint density at radius 1 is 1.44 bits per heavy atom. The van der Waals surface area contributed by atoms with E-state index in [0.717, 1.165) is 6.20 Å². The first-order valence-electron chi connectivity index (χ1n) is 5.27. The third-order valence-electron chi connectivity index (χ3n) is 2.24. The second-order valence-electron chi connectivity index (χ2n) is 3.90. The number of hydrogen-bond donors (Lipinski definition) is 2. The van der Waals surface area contributed by atoms with Crippen LogP contribution in [0.1, 0.15) is 18.8 Å². The van der Waals surface area contributed by atoms with Crippen molar-refractivity contribution in [2.24, 2.45) is 0 Å². The van der Waals surface area contributed by atoms with Crippen LogP contribution in [0.3, 0.4) is 0 Å². The van der Waals surface area contributed by atoms with E-state index in [0.29, 0.717) is 11.8 Å². The number of halogens is 1. The summed E-state index contributed by atoms with van der Waals surface area (Å²) in [6.07, 6.45) is 1.12. The second-order valence-corrected chi connectivity index (χ2v) is 3.90. The number of aromatic nitrogens is 6. The van der Waals surface area contributed by atoms with Gasteiger partial charge in [-0.05, 0) is 6.92 Å². The largest absolute Gasteiger partial charge is 0.360 e. The first-order chi connectivity index (χ1) is 8.58. The van der Waals surface area contributed by atoms with Crippen LogP contribution < -0.4 is 10.2 Å². The Bertz CT molecular complexity index is 511. The van der Waals surface area contributed by atoms with Gasteiger partial charge in [0.05, 0.1) is 12.2 Å². The molecule has 2 heterocycles. The molecule has 0 aromatic carbocycles. The van der Waals surface area contributed by atoms with Gasteiger partial charge in [-0.1, -0.05) is 5.21 Å². The molecule has 18 heavy (non-hydrogen) atoms. The summed E-state index contributed by atoms with van der Waals surface area (Å²) in [6, 6.07) is -0.232. The van der Waals surface area contributed by atoms with Crippen LogP contribution in [0.25, 0.3) is 0 Å². The lowest BCUT2D eigenvalue weighted by Crippen LogP contribution is -2.16. The molecule has 0 aliphatic heterocycles. The van der Waals surface area contributed by atoms with Gasteiger partial charge >= 0.3 is 0 Å². The van der Waals surface area contributed by atoms with E-state index in [1.165, 1.54) is 0 Å². The fourth-order valence-electron chi connectivity index (χ4n) is 1.35. The van der Waals surface area contributed by atoms with Gasteiger partial charge in [0.25, 0.3) is 0 Å². The van der Waals surface area contributed by atoms with Crippen LogP contribution in [0.4, 0.5) is 16.2 Å². The van der Waals surface area contributed by atoms with Crippen LogP contribution in [-0.4, -0.2) is 44.7 Å². The molecule has 2 rings (SSSR count). The van der Waals surface area contributed by atoms with Crippen molar-refractivity contribution < 1.29 is 4.39 Å². The summed E-state index contributed by atoms with van der Waals surface area (Å²) in [6.45, 7) is 1.83. The van der Waals surface area contributed by atoms with Gasteiger partial charge in [-0.2, -0.15) is 10.2 Å². The molecule has 1 atom stereocenters. The van der Waals surface area contributed by atoms with E-state index in [9.17, 15) is 4.39 Å². The van der Waals surface area contributed by atoms with Crippen molar-refractivity contribution in [3.63, 3.8) is 0 Å². The van der Waals surface area contributed by atoms with Crippen LogP contribution in [0.2, 0.25) is 0 Å². The summed E-state index contributed by atoms with van der Waals surface area (Å²) >= 11 is 0. The highest BCUT2D eigenvalue weighted by Gasteiger charge is 2.14. The SMILES string of the molecule is C[C@@H](Nc1ncc(F)c(N(C)C)n1)c1nn[nH]n1. The summed E-state index contributed by atoms with van der Waals surface area (Å²) in [7, 11) is 3.41. The van der Waals surface area contributed by atoms with Crippen molar-refractivity contribution in [2.45, 2.75) is 13.0 Å². The molecule has 9 heteroatoms. The standard InChI is InChI=1S/C9H13FN8/c1-5(7-14-16-17-15-7)12-9-11-4-6(10)8(13-9)18(2)3/h4-5H,1-3H3,(H,11,12,13)(H,14,15,16,17)/t5-/m1/s1.